The first kappa shape index (κ1) is 28.8. The molecule has 0 saturated heterocycles. The predicted octanol–water partition coefficient (Wildman–Crippen LogP) is 9.88. The normalized spacial score (nSPS) is 12.1. The Kier molecular flexibility index (Phi) is 13.2. The van der Waals surface area contributed by atoms with Gasteiger partial charge in [-0.05, 0) is 42.5 Å². The maximum absolute atomic E-state index is 14.4. The molecule has 1 atom stereocenters. The van der Waals surface area contributed by atoms with Gasteiger partial charge in [-0.25, -0.2) is 14.4 Å². The van der Waals surface area contributed by atoms with E-state index in [1.54, 1.807) is 24.5 Å². The monoisotopic (exact) mass is 504 g/mol. The maximum Gasteiger partial charge on any atom is 0.159 e. The van der Waals surface area contributed by atoms with E-state index in [2.05, 4.69) is 29.0 Å². The molecule has 1 aromatic heterocycles. The molecule has 1 heterocycles. The fourth-order valence-corrected chi connectivity index (χ4v) is 4.77. The number of unbranched alkanes of at least 4 members (excludes halogenated alkanes) is 11. The molecule has 0 amide bonds. The molecule has 0 aliphatic heterocycles. The average molecular weight is 505 g/mol. The van der Waals surface area contributed by atoms with Crippen LogP contribution in [0.25, 0.3) is 22.5 Å². The number of aromatic hydroxyl groups is 1. The molecule has 3 nitrogen and oxygen atoms in total. The minimum Gasteiger partial charge on any atom is -0.508 e. The van der Waals surface area contributed by atoms with E-state index in [-0.39, 0.29) is 5.75 Å². The molecule has 0 spiro atoms. The van der Waals surface area contributed by atoms with E-state index in [9.17, 15) is 9.50 Å². The van der Waals surface area contributed by atoms with Crippen molar-refractivity contribution in [3.8, 4) is 28.3 Å². The van der Waals surface area contributed by atoms with Gasteiger partial charge in [-0.15, -0.1) is 0 Å². The van der Waals surface area contributed by atoms with Crippen molar-refractivity contribution in [2.75, 3.05) is 0 Å². The van der Waals surface area contributed by atoms with Crippen LogP contribution in [0.1, 0.15) is 102 Å². The smallest absolute Gasteiger partial charge is 0.159 e. The van der Waals surface area contributed by atoms with Crippen LogP contribution >= 0.6 is 0 Å². The summed E-state index contributed by atoms with van der Waals surface area (Å²) < 4.78 is 14.4. The Morgan fingerprint density at radius 1 is 0.622 bits per heavy atom. The molecule has 3 rings (SSSR count). The highest BCUT2D eigenvalue weighted by atomic mass is 19.1. The summed E-state index contributed by atoms with van der Waals surface area (Å²) in [5.41, 5.74) is 3.97. The molecule has 0 fully saturated rings. The number of aryl methyl sites for hydroxylation is 1. The number of hydrogen-bond donors (Lipinski definition) is 1. The largest absolute Gasteiger partial charge is 0.508 e. The molecular formula is C33H45FN2O. The number of phenols is 1. The third kappa shape index (κ3) is 11.0. The van der Waals surface area contributed by atoms with Crippen molar-refractivity contribution in [1.82, 2.24) is 9.97 Å². The van der Waals surface area contributed by atoms with Gasteiger partial charge >= 0.3 is 0 Å². The fraction of sp³-hybridized carbons (Fsp3) is 0.515. The second-order valence-electron chi connectivity index (χ2n) is 10.4. The van der Waals surface area contributed by atoms with Gasteiger partial charge in [-0.3, -0.25) is 0 Å². The Morgan fingerprint density at radius 2 is 1.14 bits per heavy atom. The number of nitrogens with zero attached hydrogens (tertiary/aromatic N) is 2. The molecule has 2 aromatic carbocycles. The highest BCUT2D eigenvalue weighted by Crippen LogP contribution is 2.23. The number of benzene rings is 2. The fourth-order valence-electron chi connectivity index (χ4n) is 4.77. The predicted molar refractivity (Wildman–Crippen MR) is 153 cm³/mol. The molecule has 0 radical (unpaired) electrons. The van der Waals surface area contributed by atoms with Gasteiger partial charge < -0.3 is 5.11 Å². The summed E-state index contributed by atoms with van der Waals surface area (Å²) >= 11 is 0. The van der Waals surface area contributed by atoms with Gasteiger partial charge in [0.1, 0.15) is 11.9 Å². The molecule has 0 bridgehead atoms. The SMILES string of the molecule is CCCCCCCCCCCCCC[C@H](F)CCc1ccc(-c2ncc(-c3ccc(O)cc3)cn2)cc1. The van der Waals surface area contributed by atoms with Gasteiger partial charge in [0.2, 0.25) is 0 Å². The van der Waals surface area contributed by atoms with Crippen molar-refractivity contribution in [2.24, 2.45) is 0 Å². The van der Waals surface area contributed by atoms with Crippen molar-refractivity contribution in [3.63, 3.8) is 0 Å². The van der Waals surface area contributed by atoms with E-state index < -0.39 is 6.17 Å². The molecule has 0 aliphatic rings. The van der Waals surface area contributed by atoms with Crippen molar-refractivity contribution in [2.45, 2.75) is 109 Å². The lowest BCUT2D eigenvalue weighted by atomic mass is 10.0. The van der Waals surface area contributed by atoms with Gasteiger partial charge in [-0.1, -0.05) is 120 Å². The number of alkyl halides is 1. The van der Waals surface area contributed by atoms with Crippen LogP contribution < -0.4 is 0 Å². The van der Waals surface area contributed by atoms with Crippen LogP contribution in [0.2, 0.25) is 0 Å². The van der Waals surface area contributed by atoms with Crippen molar-refractivity contribution >= 4 is 0 Å². The summed E-state index contributed by atoms with van der Waals surface area (Å²) in [5, 5.41) is 9.45. The zero-order valence-corrected chi connectivity index (χ0v) is 22.7. The first-order valence-corrected chi connectivity index (χ1v) is 14.5. The van der Waals surface area contributed by atoms with Crippen LogP contribution in [0.3, 0.4) is 0 Å². The Bertz CT molecular complexity index is 986. The van der Waals surface area contributed by atoms with Crippen LogP contribution in [-0.2, 0) is 6.42 Å². The van der Waals surface area contributed by atoms with Crippen molar-refractivity contribution < 1.29 is 9.50 Å². The molecule has 0 unspecified atom stereocenters. The van der Waals surface area contributed by atoms with Crippen molar-refractivity contribution in [3.05, 3.63) is 66.5 Å². The minimum absolute atomic E-state index is 0.241. The maximum atomic E-state index is 14.4. The van der Waals surface area contributed by atoms with Gasteiger partial charge in [0.05, 0.1) is 0 Å². The molecule has 200 valence electrons. The number of aromatic nitrogens is 2. The highest BCUT2D eigenvalue weighted by Gasteiger charge is 2.08. The summed E-state index contributed by atoms with van der Waals surface area (Å²) in [7, 11) is 0. The zero-order chi connectivity index (χ0) is 26.1. The molecule has 4 heteroatoms. The highest BCUT2D eigenvalue weighted by molar-refractivity contribution is 5.64. The second-order valence-corrected chi connectivity index (χ2v) is 10.4. The molecule has 0 aliphatic carbocycles. The molecular weight excluding hydrogens is 459 g/mol. The van der Waals surface area contributed by atoms with Gasteiger partial charge in [0.15, 0.2) is 5.82 Å². The number of halogens is 1. The summed E-state index contributed by atoms with van der Waals surface area (Å²) in [6.07, 6.45) is 20.7. The van der Waals surface area contributed by atoms with E-state index >= 15 is 0 Å². The van der Waals surface area contributed by atoms with E-state index in [1.807, 2.05) is 24.3 Å². The first-order chi connectivity index (χ1) is 18.2. The summed E-state index contributed by atoms with van der Waals surface area (Å²) in [6.45, 7) is 2.27. The lowest BCUT2D eigenvalue weighted by Gasteiger charge is -2.09. The lowest BCUT2D eigenvalue weighted by molar-refractivity contribution is 0.287. The van der Waals surface area contributed by atoms with Gasteiger partial charge in [0, 0.05) is 23.5 Å². The Balaban J connectivity index is 1.27. The summed E-state index contributed by atoms with van der Waals surface area (Å²) in [4.78, 5) is 9.00. The number of phenolic OH excluding ortho intramolecular Hbond substituents is 1. The molecule has 37 heavy (non-hydrogen) atoms. The number of rotatable bonds is 18. The van der Waals surface area contributed by atoms with E-state index in [0.717, 1.165) is 41.5 Å². The standard InChI is InChI=1S/C33H45FN2O/c1-2-3-4-5-6-7-8-9-10-11-12-13-14-31(34)22-17-27-15-18-29(19-16-27)33-35-25-30(26-36-33)28-20-23-32(37)24-21-28/h15-16,18-21,23-26,31,37H,2-14,17,22H2,1H3/t31-/m0/s1. The van der Waals surface area contributed by atoms with Gasteiger partial charge in [-0.2, -0.15) is 0 Å². The number of hydrogen-bond acceptors (Lipinski definition) is 3. The average Bonchev–Trinajstić information content (AvgIpc) is 2.93. The zero-order valence-electron chi connectivity index (χ0n) is 22.7. The molecule has 0 saturated carbocycles. The topological polar surface area (TPSA) is 46.0 Å². The quantitative estimate of drug-likeness (QED) is 0.175. The molecule has 3 aromatic rings. The van der Waals surface area contributed by atoms with E-state index in [4.69, 9.17) is 0 Å². The van der Waals surface area contributed by atoms with Crippen LogP contribution in [0, 0.1) is 0 Å². The van der Waals surface area contributed by atoms with E-state index in [0.29, 0.717) is 18.7 Å². The molecule has 1 N–H and O–H groups in total. The summed E-state index contributed by atoms with van der Waals surface area (Å²) in [5.74, 6) is 0.911. The van der Waals surface area contributed by atoms with Crippen LogP contribution in [-0.4, -0.2) is 21.2 Å². The Morgan fingerprint density at radius 3 is 1.70 bits per heavy atom. The van der Waals surface area contributed by atoms with Crippen LogP contribution in [0.4, 0.5) is 4.39 Å². The third-order valence-electron chi connectivity index (χ3n) is 7.18. The van der Waals surface area contributed by atoms with Crippen LogP contribution in [0.5, 0.6) is 5.75 Å². The Labute approximate surface area is 223 Å². The van der Waals surface area contributed by atoms with Gasteiger partial charge in [0.25, 0.3) is 0 Å². The van der Waals surface area contributed by atoms with Crippen molar-refractivity contribution in [1.29, 1.82) is 0 Å². The second kappa shape index (κ2) is 16.9. The van der Waals surface area contributed by atoms with Crippen LogP contribution in [0.15, 0.2) is 60.9 Å². The lowest BCUT2D eigenvalue weighted by Crippen LogP contribution is -2.02. The Hall–Kier alpha value is -2.75. The summed E-state index contributed by atoms with van der Waals surface area (Å²) in [6, 6.07) is 15.2. The third-order valence-corrected chi connectivity index (χ3v) is 7.18. The first-order valence-electron chi connectivity index (χ1n) is 14.5. The minimum atomic E-state index is -0.710. The van der Waals surface area contributed by atoms with E-state index in [1.165, 1.54) is 64.2 Å².